The highest BCUT2D eigenvalue weighted by Gasteiger charge is 2.46. The number of rotatable bonds is 4. The van der Waals surface area contributed by atoms with E-state index >= 15 is 0 Å². The molecule has 0 N–H and O–H groups in total. The molecule has 126 valence electrons. The number of aromatic nitrogens is 2. The maximum atomic E-state index is 13.1. The molecule has 0 spiro atoms. The van der Waals surface area contributed by atoms with Crippen molar-refractivity contribution in [2.75, 3.05) is 24.7 Å². The van der Waals surface area contributed by atoms with Gasteiger partial charge in [0.05, 0.1) is 25.0 Å². The number of halogens is 1. The van der Waals surface area contributed by atoms with Gasteiger partial charge in [-0.25, -0.2) is 14.4 Å². The van der Waals surface area contributed by atoms with Gasteiger partial charge < -0.3 is 14.4 Å². The molecule has 5 nitrogen and oxygen atoms in total. The van der Waals surface area contributed by atoms with Crippen molar-refractivity contribution in [3.05, 3.63) is 18.2 Å². The number of anilines is 1. The van der Waals surface area contributed by atoms with Crippen molar-refractivity contribution < 1.29 is 13.9 Å². The van der Waals surface area contributed by atoms with E-state index in [-0.39, 0.29) is 18.2 Å². The van der Waals surface area contributed by atoms with Gasteiger partial charge in [-0.3, -0.25) is 0 Å². The summed E-state index contributed by atoms with van der Waals surface area (Å²) in [4.78, 5) is 10.4. The van der Waals surface area contributed by atoms with E-state index in [0.717, 1.165) is 32.6 Å². The van der Waals surface area contributed by atoms with Crippen molar-refractivity contribution in [3.8, 4) is 0 Å². The summed E-state index contributed by atoms with van der Waals surface area (Å²) in [5.41, 5.74) is 0. The summed E-state index contributed by atoms with van der Waals surface area (Å²) in [6.45, 7) is 2.35. The Balaban J connectivity index is 1.46. The fraction of sp³-hybridized carbons (Fsp3) is 0.765. The van der Waals surface area contributed by atoms with Gasteiger partial charge >= 0.3 is 0 Å². The maximum Gasteiger partial charge on any atom is 0.225 e. The summed E-state index contributed by atoms with van der Waals surface area (Å²) in [5.74, 6) is 0.880. The Bertz CT molecular complexity index is 521. The maximum absolute atomic E-state index is 13.1. The highest BCUT2D eigenvalue weighted by molar-refractivity contribution is 5.35. The molecule has 0 aromatic carbocycles. The molecular formula is C17H24FN3O2. The predicted molar refractivity (Wildman–Crippen MR) is 83.8 cm³/mol. The number of hydrogen-bond donors (Lipinski definition) is 0. The number of ether oxygens (including phenoxy) is 2. The van der Waals surface area contributed by atoms with Crippen LogP contribution in [0.3, 0.4) is 0 Å². The van der Waals surface area contributed by atoms with Gasteiger partial charge in [0.2, 0.25) is 5.95 Å². The van der Waals surface area contributed by atoms with Crippen molar-refractivity contribution >= 4 is 5.95 Å². The van der Waals surface area contributed by atoms with Crippen LogP contribution in [-0.4, -0.2) is 48.0 Å². The highest BCUT2D eigenvalue weighted by Crippen LogP contribution is 2.34. The highest BCUT2D eigenvalue weighted by atomic mass is 19.1. The van der Waals surface area contributed by atoms with Crippen molar-refractivity contribution in [1.82, 2.24) is 9.97 Å². The van der Waals surface area contributed by atoms with Crippen molar-refractivity contribution in [2.24, 2.45) is 5.92 Å². The lowest BCUT2D eigenvalue weighted by Gasteiger charge is -2.32. The molecule has 6 heteroatoms. The summed E-state index contributed by atoms with van der Waals surface area (Å²) in [5, 5.41) is 0. The third kappa shape index (κ3) is 3.19. The van der Waals surface area contributed by atoms with Crippen LogP contribution >= 0.6 is 0 Å². The Labute approximate surface area is 136 Å². The fourth-order valence-electron chi connectivity index (χ4n) is 4.18. The zero-order valence-corrected chi connectivity index (χ0v) is 13.4. The van der Waals surface area contributed by atoms with Gasteiger partial charge in [0, 0.05) is 13.2 Å². The molecule has 2 aliphatic heterocycles. The number of hydrogen-bond acceptors (Lipinski definition) is 5. The van der Waals surface area contributed by atoms with Crippen LogP contribution in [0.1, 0.15) is 38.5 Å². The fourth-order valence-corrected chi connectivity index (χ4v) is 4.18. The minimum Gasteiger partial charge on any atom is -0.373 e. The van der Waals surface area contributed by atoms with E-state index in [1.165, 1.54) is 38.1 Å². The molecule has 1 aliphatic carbocycles. The average Bonchev–Trinajstić information content (AvgIpc) is 3.21. The first-order chi connectivity index (χ1) is 11.3. The van der Waals surface area contributed by atoms with Crippen molar-refractivity contribution in [3.63, 3.8) is 0 Å². The second kappa shape index (κ2) is 6.69. The van der Waals surface area contributed by atoms with Crippen LogP contribution in [-0.2, 0) is 9.47 Å². The monoisotopic (exact) mass is 321 g/mol. The molecule has 23 heavy (non-hydrogen) atoms. The van der Waals surface area contributed by atoms with Gasteiger partial charge in [0.1, 0.15) is 12.2 Å². The Morgan fingerprint density at radius 2 is 1.96 bits per heavy atom. The molecule has 1 saturated carbocycles. The van der Waals surface area contributed by atoms with E-state index < -0.39 is 5.82 Å². The summed E-state index contributed by atoms with van der Waals surface area (Å²) < 4.78 is 25.3. The molecule has 0 amide bonds. The zero-order chi connectivity index (χ0) is 15.6. The number of nitrogens with zero attached hydrogens (tertiary/aromatic N) is 3. The molecule has 1 aromatic heterocycles. The summed E-state index contributed by atoms with van der Waals surface area (Å²) in [6.07, 6.45) is 9.92. The van der Waals surface area contributed by atoms with Crippen LogP contribution in [0, 0.1) is 11.7 Å². The van der Waals surface area contributed by atoms with Crippen molar-refractivity contribution in [1.29, 1.82) is 0 Å². The van der Waals surface area contributed by atoms with Crippen LogP contribution in [0.15, 0.2) is 12.4 Å². The topological polar surface area (TPSA) is 47.5 Å². The molecule has 2 saturated heterocycles. The quantitative estimate of drug-likeness (QED) is 0.853. The lowest BCUT2D eigenvalue weighted by molar-refractivity contribution is -0.0797. The van der Waals surface area contributed by atoms with E-state index in [0.29, 0.717) is 11.9 Å². The van der Waals surface area contributed by atoms with Crippen LogP contribution in [0.2, 0.25) is 0 Å². The minimum absolute atomic E-state index is 0.0644. The SMILES string of the molecule is Fc1cnc(N2C[C@@H](OCC3CCCC3)[C@@H]3OCCC[C@@H]32)nc1. The van der Waals surface area contributed by atoms with E-state index in [2.05, 4.69) is 14.9 Å². The Hall–Kier alpha value is -1.27. The third-order valence-corrected chi connectivity index (χ3v) is 5.36. The Kier molecular flexibility index (Phi) is 4.44. The van der Waals surface area contributed by atoms with Gasteiger partial charge in [-0.1, -0.05) is 12.8 Å². The molecule has 3 fully saturated rings. The molecule has 3 aliphatic rings. The van der Waals surface area contributed by atoms with Crippen molar-refractivity contribution in [2.45, 2.75) is 56.8 Å². The van der Waals surface area contributed by atoms with Gasteiger partial charge in [-0.05, 0) is 31.6 Å². The molecule has 0 bridgehead atoms. The van der Waals surface area contributed by atoms with Gasteiger partial charge in [-0.15, -0.1) is 0 Å². The predicted octanol–water partition coefficient (Wildman–Crippen LogP) is 2.56. The zero-order valence-electron chi connectivity index (χ0n) is 13.4. The van der Waals surface area contributed by atoms with E-state index in [4.69, 9.17) is 9.47 Å². The Morgan fingerprint density at radius 3 is 2.74 bits per heavy atom. The standard InChI is InChI=1S/C17H24FN3O2/c18-13-8-19-17(20-9-13)21-10-15(16-14(21)6-3-7-22-16)23-11-12-4-1-2-5-12/h8-9,12,14-16H,1-7,10-11H2/t14-,15+,16+/m0/s1. The molecular weight excluding hydrogens is 297 g/mol. The Morgan fingerprint density at radius 1 is 1.17 bits per heavy atom. The van der Waals surface area contributed by atoms with Gasteiger partial charge in [0.15, 0.2) is 5.82 Å². The molecule has 3 atom stereocenters. The number of fused-ring (bicyclic) bond motifs is 1. The normalized spacial score (nSPS) is 31.5. The molecule has 4 rings (SSSR count). The van der Waals surface area contributed by atoms with E-state index in [1.54, 1.807) is 0 Å². The first-order valence-corrected chi connectivity index (χ1v) is 8.78. The lowest BCUT2D eigenvalue weighted by atomic mass is 10.0. The van der Waals surface area contributed by atoms with Crippen LogP contribution in [0.5, 0.6) is 0 Å². The molecule has 0 unspecified atom stereocenters. The molecule has 1 aromatic rings. The first-order valence-electron chi connectivity index (χ1n) is 8.78. The third-order valence-electron chi connectivity index (χ3n) is 5.36. The lowest BCUT2D eigenvalue weighted by Crippen LogP contribution is -2.42. The molecule has 0 radical (unpaired) electrons. The summed E-state index contributed by atoms with van der Waals surface area (Å²) in [7, 11) is 0. The summed E-state index contributed by atoms with van der Waals surface area (Å²) >= 11 is 0. The second-order valence-corrected chi connectivity index (χ2v) is 6.92. The smallest absolute Gasteiger partial charge is 0.225 e. The van der Waals surface area contributed by atoms with Gasteiger partial charge in [-0.2, -0.15) is 0 Å². The average molecular weight is 321 g/mol. The summed E-state index contributed by atoms with van der Waals surface area (Å²) in [6, 6.07) is 0.239. The second-order valence-electron chi connectivity index (χ2n) is 6.92. The van der Waals surface area contributed by atoms with Crippen LogP contribution in [0.25, 0.3) is 0 Å². The van der Waals surface area contributed by atoms with Gasteiger partial charge in [0.25, 0.3) is 0 Å². The molecule has 3 heterocycles. The van der Waals surface area contributed by atoms with Crippen LogP contribution < -0.4 is 4.90 Å². The first kappa shape index (κ1) is 15.3. The van der Waals surface area contributed by atoms with E-state index in [9.17, 15) is 4.39 Å². The largest absolute Gasteiger partial charge is 0.373 e. The minimum atomic E-state index is -0.404. The van der Waals surface area contributed by atoms with E-state index in [1.807, 2.05) is 0 Å². The van der Waals surface area contributed by atoms with Crippen LogP contribution in [0.4, 0.5) is 10.3 Å².